The molecule has 1 aliphatic rings. The Morgan fingerprint density at radius 2 is 2.00 bits per heavy atom. The first-order valence-corrected chi connectivity index (χ1v) is 7.61. The highest BCUT2D eigenvalue weighted by molar-refractivity contribution is 5.92. The van der Waals surface area contributed by atoms with Gasteiger partial charge in [-0.1, -0.05) is 11.2 Å². The summed E-state index contributed by atoms with van der Waals surface area (Å²) in [5.41, 5.74) is 0.310. The Morgan fingerprint density at radius 1 is 1.28 bits per heavy atom. The Morgan fingerprint density at radius 3 is 2.64 bits per heavy atom. The van der Waals surface area contributed by atoms with E-state index in [2.05, 4.69) is 20.8 Å². The second-order valence-corrected chi connectivity index (χ2v) is 6.69. The summed E-state index contributed by atoms with van der Waals surface area (Å²) in [6.45, 7) is 6.90. The molecule has 0 radical (unpaired) electrons. The topological polar surface area (TPSA) is 81.9 Å². The lowest BCUT2D eigenvalue weighted by atomic mass is 9.95. The van der Waals surface area contributed by atoms with Crippen LogP contribution in [0.5, 0.6) is 0 Å². The van der Waals surface area contributed by atoms with E-state index in [4.69, 9.17) is 4.74 Å². The van der Waals surface area contributed by atoms with Gasteiger partial charge in [-0.05, 0) is 55.8 Å². The molecule has 2 aromatic rings. The van der Waals surface area contributed by atoms with Crippen LogP contribution in [-0.4, -0.2) is 31.8 Å². The van der Waals surface area contributed by atoms with Crippen molar-refractivity contribution in [3.05, 3.63) is 46.7 Å². The van der Waals surface area contributed by atoms with Crippen LogP contribution in [0.2, 0.25) is 0 Å². The molecule has 0 fully saturated rings. The number of nitrogens with one attached hydrogen (secondary N) is 1. The normalized spacial score (nSPS) is 17.1. The fourth-order valence-corrected chi connectivity index (χ4v) is 2.60. The summed E-state index contributed by atoms with van der Waals surface area (Å²) >= 11 is 0. The summed E-state index contributed by atoms with van der Waals surface area (Å²) in [5, 5.41) is 14.2. The summed E-state index contributed by atoms with van der Waals surface area (Å²) in [6.07, 6.45) is 0. The van der Waals surface area contributed by atoms with Crippen molar-refractivity contribution in [1.82, 2.24) is 20.2 Å². The third kappa shape index (κ3) is 3.21. The van der Waals surface area contributed by atoms with Crippen molar-refractivity contribution in [2.24, 2.45) is 0 Å². The maximum atomic E-state index is 13.7. The van der Waals surface area contributed by atoms with Crippen LogP contribution in [0, 0.1) is 11.6 Å². The number of fused-ring (bicyclic) bond motifs is 1. The average Bonchev–Trinajstić information content (AvgIpc) is 2.94. The molecule has 25 heavy (non-hydrogen) atoms. The van der Waals surface area contributed by atoms with E-state index >= 15 is 0 Å². The molecule has 1 aliphatic heterocycles. The first kappa shape index (κ1) is 17.0. The highest BCUT2D eigenvalue weighted by Crippen LogP contribution is 2.35. The molecule has 0 unspecified atom stereocenters. The molecule has 1 aromatic carbocycles. The summed E-state index contributed by atoms with van der Waals surface area (Å²) in [4.78, 5) is 12.7. The van der Waals surface area contributed by atoms with Gasteiger partial charge in [-0.2, -0.15) is 4.68 Å². The molecular formula is C16H17F2N5O2. The number of tetrazole rings is 1. The number of rotatable bonds is 2. The molecule has 7 nitrogen and oxygen atoms in total. The largest absolute Gasteiger partial charge is 0.456 e. The maximum absolute atomic E-state index is 13.7. The van der Waals surface area contributed by atoms with Crippen molar-refractivity contribution in [1.29, 1.82) is 0 Å². The van der Waals surface area contributed by atoms with Gasteiger partial charge in [-0.3, -0.25) is 0 Å². The predicted octanol–water partition coefficient (Wildman–Crippen LogP) is 2.58. The Hall–Kier alpha value is -2.84. The third-order valence-corrected chi connectivity index (χ3v) is 3.59. The van der Waals surface area contributed by atoms with Gasteiger partial charge in [0.15, 0.2) is 11.6 Å². The molecule has 1 atom stereocenters. The maximum Gasteiger partial charge on any atom is 0.338 e. The van der Waals surface area contributed by atoms with Crippen LogP contribution in [0.3, 0.4) is 0 Å². The smallest absolute Gasteiger partial charge is 0.338 e. The van der Waals surface area contributed by atoms with Crippen LogP contribution in [0.1, 0.15) is 39.3 Å². The standard InChI is InChI=1S/C16H17F2N5O2/c1-8-12(14(24)25-16(2,3)4)13(23-15(19-8)20-21-22-23)9-5-6-10(17)11(18)7-9/h5-7,13H,1-4H3,(H,19,20,22)/t13-/m0/s1. The van der Waals surface area contributed by atoms with Crippen molar-refractivity contribution >= 4 is 11.9 Å². The predicted molar refractivity (Wildman–Crippen MR) is 84.5 cm³/mol. The van der Waals surface area contributed by atoms with E-state index in [0.717, 1.165) is 12.1 Å². The SMILES string of the molecule is CC1=C(C(=O)OC(C)(C)C)[C@H](c2ccc(F)c(F)c2)n2nnnc2N1. The number of hydrogen-bond acceptors (Lipinski definition) is 6. The number of aromatic nitrogens is 4. The van der Waals surface area contributed by atoms with Crippen molar-refractivity contribution < 1.29 is 18.3 Å². The van der Waals surface area contributed by atoms with Crippen molar-refractivity contribution in [3.63, 3.8) is 0 Å². The second-order valence-electron chi connectivity index (χ2n) is 6.69. The van der Waals surface area contributed by atoms with Crippen molar-refractivity contribution in [3.8, 4) is 0 Å². The molecule has 0 saturated carbocycles. The molecule has 3 rings (SSSR count). The van der Waals surface area contributed by atoms with Crippen molar-refractivity contribution in [2.45, 2.75) is 39.3 Å². The van der Waals surface area contributed by atoms with Crippen LogP contribution < -0.4 is 5.32 Å². The minimum Gasteiger partial charge on any atom is -0.456 e. The third-order valence-electron chi connectivity index (χ3n) is 3.59. The van der Waals surface area contributed by atoms with Crippen LogP contribution in [-0.2, 0) is 9.53 Å². The Bertz CT molecular complexity index is 870. The number of ether oxygens (including phenoxy) is 1. The Balaban J connectivity index is 2.13. The lowest BCUT2D eigenvalue weighted by Crippen LogP contribution is -2.33. The summed E-state index contributed by atoms with van der Waals surface area (Å²) in [5.74, 6) is -2.30. The molecule has 0 amide bonds. The molecule has 0 spiro atoms. The molecule has 1 N–H and O–H groups in total. The van der Waals surface area contributed by atoms with E-state index in [1.807, 2.05) is 0 Å². The highest BCUT2D eigenvalue weighted by Gasteiger charge is 2.36. The second kappa shape index (κ2) is 5.91. The number of carbonyl (C=O) groups is 1. The highest BCUT2D eigenvalue weighted by atomic mass is 19.2. The first-order chi connectivity index (χ1) is 11.7. The van der Waals surface area contributed by atoms with Gasteiger partial charge >= 0.3 is 5.97 Å². The summed E-state index contributed by atoms with van der Waals surface area (Å²) in [6, 6.07) is 2.57. The Kier molecular flexibility index (Phi) is 4.02. The van der Waals surface area contributed by atoms with Gasteiger partial charge in [-0.25, -0.2) is 13.6 Å². The zero-order chi connectivity index (χ0) is 18.4. The molecule has 0 saturated heterocycles. The zero-order valence-corrected chi connectivity index (χ0v) is 14.2. The van der Waals surface area contributed by atoms with Gasteiger partial charge in [0.05, 0.1) is 5.57 Å². The van der Waals surface area contributed by atoms with Crippen LogP contribution >= 0.6 is 0 Å². The number of carbonyl (C=O) groups excluding carboxylic acids is 1. The lowest BCUT2D eigenvalue weighted by molar-refractivity contribution is -0.150. The fraction of sp³-hybridized carbons (Fsp3) is 0.375. The zero-order valence-electron chi connectivity index (χ0n) is 14.2. The average molecular weight is 349 g/mol. The molecule has 0 bridgehead atoms. The van der Waals surface area contributed by atoms with E-state index in [1.54, 1.807) is 27.7 Å². The minimum absolute atomic E-state index is 0.223. The van der Waals surface area contributed by atoms with Gasteiger partial charge in [0.25, 0.3) is 0 Å². The molecule has 0 aliphatic carbocycles. The van der Waals surface area contributed by atoms with Crippen LogP contribution in [0.15, 0.2) is 29.5 Å². The molecular weight excluding hydrogens is 332 g/mol. The Labute approximate surface area is 142 Å². The quantitative estimate of drug-likeness (QED) is 0.839. The van der Waals surface area contributed by atoms with Gasteiger partial charge in [0, 0.05) is 5.70 Å². The minimum atomic E-state index is -1.02. The van der Waals surface area contributed by atoms with E-state index in [0.29, 0.717) is 17.2 Å². The number of allylic oxidation sites excluding steroid dienone is 1. The number of halogens is 2. The fourth-order valence-electron chi connectivity index (χ4n) is 2.60. The number of anilines is 1. The van der Waals surface area contributed by atoms with Crippen LogP contribution in [0.4, 0.5) is 14.7 Å². The van der Waals surface area contributed by atoms with Crippen molar-refractivity contribution in [2.75, 3.05) is 5.32 Å². The van der Waals surface area contributed by atoms with Gasteiger partial charge in [-0.15, -0.1) is 0 Å². The van der Waals surface area contributed by atoms with Gasteiger partial charge < -0.3 is 10.1 Å². The number of nitrogens with zero attached hydrogens (tertiary/aromatic N) is 4. The molecule has 9 heteroatoms. The summed E-state index contributed by atoms with van der Waals surface area (Å²) in [7, 11) is 0. The number of benzene rings is 1. The molecule has 1 aromatic heterocycles. The molecule has 132 valence electrons. The van der Waals surface area contributed by atoms with E-state index in [9.17, 15) is 13.6 Å². The number of esters is 1. The van der Waals surface area contributed by atoms with E-state index in [1.165, 1.54) is 10.7 Å². The van der Waals surface area contributed by atoms with Crippen LogP contribution in [0.25, 0.3) is 0 Å². The first-order valence-electron chi connectivity index (χ1n) is 7.61. The van der Waals surface area contributed by atoms with E-state index in [-0.39, 0.29) is 5.57 Å². The lowest BCUT2D eigenvalue weighted by Gasteiger charge is -2.29. The van der Waals surface area contributed by atoms with Gasteiger partial charge in [0.2, 0.25) is 5.95 Å². The van der Waals surface area contributed by atoms with E-state index < -0.39 is 29.2 Å². The van der Waals surface area contributed by atoms with Gasteiger partial charge in [0.1, 0.15) is 11.6 Å². The number of hydrogen-bond donors (Lipinski definition) is 1. The monoisotopic (exact) mass is 349 g/mol. The molecule has 2 heterocycles. The summed E-state index contributed by atoms with van der Waals surface area (Å²) < 4.78 is 33.9.